The number of aromatic nitrogens is 1. The van der Waals surface area contributed by atoms with E-state index in [-0.39, 0.29) is 12.1 Å². The summed E-state index contributed by atoms with van der Waals surface area (Å²) in [6.07, 6.45) is 9.33. The van der Waals surface area contributed by atoms with Crippen molar-refractivity contribution in [1.82, 2.24) is 15.6 Å². The first kappa shape index (κ1) is 16.7. The third-order valence-corrected chi connectivity index (χ3v) is 6.04. The fourth-order valence-corrected chi connectivity index (χ4v) is 4.70. The molecule has 0 saturated heterocycles. The Bertz CT molecular complexity index is 508. The molecule has 0 radical (unpaired) electrons. The molecule has 1 heterocycles. The molecule has 0 aliphatic heterocycles. The lowest BCUT2D eigenvalue weighted by atomic mass is 9.87. The van der Waals surface area contributed by atoms with Gasteiger partial charge in [-0.3, -0.25) is 0 Å². The first-order valence-electron chi connectivity index (χ1n) is 8.88. The summed E-state index contributed by atoms with van der Waals surface area (Å²) in [5.74, 6) is 0.412. The first-order valence-corrected chi connectivity index (χ1v) is 9.69. The van der Waals surface area contributed by atoms with Crippen molar-refractivity contribution in [2.24, 2.45) is 5.92 Å². The number of carbonyl (C=O) groups excluding carboxylic acids is 1. The van der Waals surface area contributed by atoms with Crippen molar-refractivity contribution in [2.75, 3.05) is 13.1 Å². The van der Waals surface area contributed by atoms with Gasteiger partial charge in [-0.05, 0) is 50.9 Å². The number of aryl methyl sites for hydroxylation is 2. The number of rotatable bonds is 5. The molecule has 1 aromatic heterocycles. The van der Waals surface area contributed by atoms with E-state index in [1.165, 1.54) is 29.8 Å². The number of thiazole rings is 1. The quantitative estimate of drug-likeness (QED) is 0.772. The zero-order chi connectivity index (χ0) is 16.1. The largest absolute Gasteiger partial charge is 0.393 e. The van der Waals surface area contributed by atoms with Crippen LogP contribution in [0.4, 0.5) is 4.79 Å². The fourth-order valence-electron chi connectivity index (χ4n) is 3.54. The molecule has 2 unspecified atom stereocenters. The van der Waals surface area contributed by atoms with Gasteiger partial charge < -0.3 is 15.7 Å². The van der Waals surface area contributed by atoms with E-state index in [2.05, 4.69) is 10.6 Å². The molecule has 0 bridgehead atoms. The van der Waals surface area contributed by atoms with Crippen molar-refractivity contribution in [2.45, 2.75) is 63.9 Å². The van der Waals surface area contributed by atoms with Crippen molar-refractivity contribution < 1.29 is 9.90 Å². The lowest BCUT2D eigenvalue weighted by molar-refractivity contribution is 0.101. The molecule has 1 fully saturated rings. The topological polar surface area (TPSA) is 74.2 Å². The maximum absolute atomic E-state index is 11.9. The van der Waals surface area contributed by atoms with Crippen LogP contribution in [-0.2, 0) is 19.3 Å². The number of aliphatic hydroxyl groups excluding tert-OH is 1. The molecule has 2 amide bonds. The summed E-state index contributed by atoms with van der Waals surface area (Å²) in [4.78, 5) is 18.0. The Hall–Kier alpha value is -1.14. The number of nitrogens with one attached hydrogen (secondary N) is 2. The standard InChI is InChI=1S/C17H27N3O2S/c21-13-5-3-4-12(10-13)11-19-17(22)18-9-8-16-20-14-6-1-2-7-15(14)23-16/h12-13,21H,1-11H2,(H2,18,19,22). The van der Waals surface area contributed by atoms with Gasteiger partial charge >= 0.3 is 6.03 Å². The Balaban J connectivity index is 1.33. The number of urea groups is 1. The highest BCUT2D eigenvalue weighted by molar-refractivity contribution is 7.11. The van der Waals surface area contributed by atoms with Crippen molar-refractivity contribution in [3.63, 3.8) is 0 Å². The number of amides is 2. The van der Waals surface area contributed by atoms with Crippen molar-refractivity contribution in [3.8, 4) is 0 Å². The maximum atomic E-state index is 11.9. The second kappa shape index (κ2) is 8.11. The van der Waals surface area contributed by atoms with Gasteiger partial charge in [0, 0.05) is 24.4 Å². The predicted molar refractivity (Wildman–Crippen MR) is 91.8 cm³/mol. The van der Waals surface area contributed by atoms with Gasteiger partial charge in [0.1, 0.15) is 0 Å². The van der Waals surface area contributed by atoms with Crippen LogP contribution in [0, 0.1) is 5.92 Å². The number of hydrogen-bond donors (Lipinski definition) is 3. The minimum absolute atomic E-state index is 0.105. The van der Waals surface area contributed by atoms with E-state index in [9.17, 15) is 9.90 Å². The second-order valence-electron chi connectivity index (χ2n) is 6.76. The Morgan fingerprint density at radius 1 is 1.22 bits per heavy atom. The van der Waals surface area contributed by atoms with E-state index in [0.717, 1.165) is 43.5 Å². The van der Waals surface area contributed by atoms with Gasteiger partial charge in [-0.1, -0.05) is 6.42 Å². The zero-order valence-corrected chi connectivity index (χ0v) is 14.5. The number of aliphatic hydroxyl groups is 1. The lowest BCUT2D eigenvalue weighted by Crippen LogP contribution is -2.40. The average molecular weight is 337 g/mol. The second-order valence-corrected chi connectivity index (χ2v) is 7.93. The van der Waals surface area contributed by atoms with E-state index in [4.69, 9.17) is 4.98 Å². The van der Waals surface area contributed by atoms with Gasteiger partial charge in [-0.2, -0.15) is 0 Å². The molecule has 5 nitrogen and oxygen atoms in total. The van der Waals surface area contributed by atoms with Gasteiger partial charge in [0.2, 0.25) is 0 Å². The highest BCUT2D eigenvalue weighted by Gasteiger charge is 2.20. The minimum atomic E-state index is -0.186. The van der Waals surface area contributed by atoms with Gasteiger partial charge in [0.05, 0.1) is 16.8 Å². The third kappa shape index (κ3) is 4.91. The summed E-state index contributed by atoms with van der Waals surface area (Å²) in [5.41, 5.74) is 1.29. The summed E-state index contributed by atoms with van der Waals surface area (Å²) >= 11 is 1.81. The maximum Gasteiger partial charge on any atom is 0.314 e. The molecule has 2 aliphatic rings. The normalized spacial score (nSPS) is 24.0. The lowest BCUT2D eigenvalue weighted by Gasteiger charge is -2.25. The van der Waals surface area contributed by atoms with Crippen LogP contribution in [0.2, 0.25) is 0 Å². The first-order chi connectivity index (χ1) is 11.2. The van der Waals surface area contributed by atoms with E-state index in [0.29, 0.717) is 19.0 Å². The van der Waals surface area contributed by atoms with Crippen LogP contribution in [0.25, 0.3) is 0 Å². The molecule has 3 N–H and O–H groups in total. The van der Waals surface area contributed by atoms with Crippen molar-refractivity contribution in [1.29, 1.82) is 0 Å². The van der Waals surface area contributed by atoms with Crippen LogP contribution in [0.1, 0.15) is 54.1 Å². The highest BCUT2D eigenvalue weighted by atomic mass is 32.1. The van der Waals surface area contributed by atoms with Crippen molar-refractivity contribution in [3.05, 3.63) is 15.6 Å². The summed E-state index contributed by atoms with van der Waals surface area (Å²) in [6, 6.07) is -0.105. The van der Waals surface area contributed by atoms with E-state index in [1.54, 1.807) is 0 Å². The van der Waals surface area contributed by atoms with Gasteiger partial charge in [-0.15, -0.1) is 11.3 Å². The van der Waals surface area contributed by atoms with Crippen LogP contribution in [-0.4, -0.2) is 35.3 Å². The zero-order valence-electron chi connectivity index (χ0n) is 13.6. The summed E-state index contributed by atoms with van der Waals surface area (Å²) in [5, 5.41) is 16.6. The molecule has 0 aromatic carbocycles. The van der Waals surface area contributed by atoms with Crippen LogP contribution in [0.15, 0.2) is 0 Å². The van der Waals surface area contributed by atoms with Crippen LogP contribution in [0.3, 0.4) is 0 Å². The third-order valence-electron chi connectivity index (χ3n) is 4.82. The average Bonchev–Trinajstić information content (AvgIpc) is 2.96. The molecule has 1 aromatic rings. The molecule has 0 spiro atoms. The number of nitrogens with zero attached hydrogens (tertiary/aromatic N) is 1. The number of fused-ring (bicyclic) bond motifs is 1. The fraction of sp³-hybridized carbons (Fsp3) is 0.765. The Morgan fingerprint density at radius 2 is 2.09 bits per heavy atom. The monoisotopic (exact) mass is 337 g/mol. The number of carbonyl (C=O) groups is 1. The molecule has 2 atom stereocenters. The van der Waals surface area contributed by atoms with E-state index in [1.807, 2.05) is 11.3 Å². The Labute approximate surface area is 141 Å². The molecule has 3 rings (SSSR count). The molecule has 128 valence electrons. The Morgan fingerprint density at radius 3 is 2.91 bits per heavy atom. The predicted octanol–water partition coefficient (Wildman–Crippen LogP) is 2.41. The summed E-state index contributed by atoms with van der Waals surface area (Å²) in [7, 11) is 0. The van der Waals surface area contributed by atoms with Crippen molar-refractivity contribution >= 4 is 17.4 Å². The van der Waals surface area contributed by atoms with Gasteiger partial charge in [0.25, 0.3) is 0 Å². The SMILES string of the molecule is O=C(NCCc1nc2c(s1)CCCC2)NCC1CCCC(O)C1. The molecular formula is C17H27N3O2S. The molecule has 23 heavy (non-hydrogen) atoms. The smallest absolute Gasteiger partial charge is 0.314 e. The Kier molecular flexibility index (Phi) is 5.89. The van der Waals surface area contributed by atoms with Crippen LogP contribution >= 0.6 is 11.3 Å². The molecule has 1 saturated carbocycles. The molecule has 6 heteroatoms. The van der Waals surface area contributed by atoms with Crippen LogP contribution in [0.5, 0.6) is 0 Å². The number of hydrogen-bond acceptors (Lipinski definition) is 4. The summed E-state index contributed by atoms with van der Waals surface area (Å²) in [6.45, 7) is 1.29. The van der Waals surface area contributed by atoms with Gasteiger partial charge in [0.15, 0.2) is 0 Å². The van der Waals surface area contributed by atoms with E-state index < -0.39 is 0 Å². The summed E-state index contributed by atoms with van der Waals surface area (Å²) < 4.78 is 0. The highest BCUT2D eigenvalue weighted by Crippen LogP contribution is 2.26. The van der Waals surface area contributed by atoms with Gasteiger partial charge in [-0.25, -0.2) is 9.78 Å². The molecular weight excluding hydrogens is 310 g/mol. The van der Waals surface area contributed by atoms with E-state index >= 15 is 0 Å². The minimum Gasteiger partial charge on any atom is -0.393 e. The molecule has 2 aliphatic carbocycles. The van der Waals surface area contributed by atoms with Crippen LogP contribution < -0.4 is 10.6 Å².